The van der Waals surface area contributed by atoms with Gasteiger partial charge in [-0.2, -0.15) is 13.2 Å². The van der Waals surface area contributed by atoms with Crippen LogP contribution in [-0.4, -0.2) is 36.2 Å². The minimum Gasteiger partial charge on any atom is -0.338 e. The van der Waals surface area contributed by atoms with Crippen LogP contribution in [0.3, 0.4) is 0 Å². The summed E-state index contributed by atoms with van der Waals surface area (Å²) in [6.45, 7) is 3.85. The Labute approximate surface area is 81.3 Å². The molecule has 0 heterocycles. The van der Waals surface area contributed by atoms with Crippen molar-refractivity contribution in [2.75, 3.05) is 13.1 Å². The minimum atomic E-state index is -4.35. The molecule has 0 aromatic carbocycles. The highest BCUT2D eigenvalue weighted by Gasteiger charge is 2.33. The number of hydrogen-bond acceptors (Lipinski definition) is 1. The van der Waals surface area contributed by atoms with Gasteiger partial charge in [-0.3, -0.25) is 0 Å². The molecule has 1 N–H and O–H groups in total. The molecule has 0 aromatic rings. The van der Waals surface area contributed by atoms with E-state index in [0.717, 1.165) is 4.90 Å². The average Bonchev–Trinajstić information content (AvgIpc) is 1.98. The number of amides is 2. The largest absolute Gasteiger partial charge is 0.406 e. The average molecular weight is 212 g/mol. The quantitative estimate of drug-likeness (QED) is 0.762. The fraction of sp³-hybridized carbons (Fsp3) is 0.875. The molecule has 0 rings (SSSR count). The second kappa shape index (κ2) is 5.07. The van der Waals surface area contributed by atoms with Gasteiger partial charge in [-0.25, -0.2) is 4.79 Å². The molecule has 6 heteroatoms. The van der Waals surface area contributed by atoms with E-state index in [1.54, 1.807) is 20.8 Å². The summed E-state index contributed by atoms with van der Waals surface area (Å²) in [6.07, 6.45) is -4.35. The second-order valence-electron chi connectivity index (χ2n) is 3.17. The topological polar surface area (TPSA) is 32.3 Å². The summed E-state index contributed by atoms with van der Waals surface area (Å²) in [6, 6.07) is -1.15. The summed E-state index contributed by atoms with van der Waals surface area (Å²) in [7, 11) is 0. The summed E-state index contributed by atoms with van der Waals surface area (Å²) in [5.74, 6) is 0. The first kappa shape index (κ1) is 13.1. The maximum Gasteiger partial charge on any atom is 0.406 e. The Bertz CT molecular complexity index is 192. The molecule has 0 aromatic heterocycles. The summed E-state index contributed by atoms with van der Waals surface area (Å²) in [5.41, 5.74) is 0. The molecule has 0 unspecified atom stereocenters. The van der Waals surface area contributed by atoms with Crippen LogP contribution < -0.4 is 5.32 Å². The smallest absolute Gasteiger partial charge is 0.338 e. The standard InChI is InChI=1S/C8H15F3N2O/c1-4-12-7(14)13(6(2)3)5-8(9,10)11/h6H,4-5H2,1-3H3,(H,12,14). The third-order valence-electron chi connectivity index (χ3n) is 1.56. The molecule has 0 bridgehead atoms. The van der Waals surface area contributed by atoms with Crippen LogP contribution in [0.5, 0.6) is 0 Å². The van der Waals surface area contributed by atoms with Gasteiger partial charge in [0.2, 0.25) is 0 Å². The summed E-state index contributed by atoms with van der Waals surface area (Å²) in [5, 5.41) is 2.34. The molecule has 0 aliphatic rings. The highest BCUT2D eigenvalue weighted by Crippen LogP contribution is 2.17. The molecular formula is C8H15F3N2O. The van der Waals surface area contributed by atoms with Crippen molar-refractivity contribution in [3.05, 3.63) is 0 Å². The zero-order chi connectivity index (χ0) is 11.4. The van der Waals surface area contributed by atoms with Crippen LogP contribution in [0, 0.1) is 0 Å². The predicted octanol–water partition coefficient (Wildman–Crippen LogP) is 1.99. The fourth-order valence-electron chi connectivity index (χ4n) is 0.935. The Morgan fingerprint density at radius 1 is 1.43 bits per heavy atom. The van der Waals surface area contributed by atoms with E-state index in [1.165, 1.54) is 0 Å². The van der Waals surface area contributed by atoms with E-state index in [0.29, 0.717) is 6.54 Å². The number of halogens is 3. The van der Waals surface area contributed by atoms with Gasteiger partial charge in [0.15, 0.2) is 0 Å². The molecule has 0 saturated carbocycles. The first-order valence-corrected chi connectivity index (χ1v) is 4.39. The van der Waals surface area contributed by atoms with Gasteiger partial charge >= 0.3 is 12.2 Å². The molecule has 0 radical (unpaired) electrons. The number of carbonyl (C=O) groups excluding carboxylic acids is 1. The van der Waals surface area contributed by atoms with Gasteiger partial charge in [-0.05, 0) is 20.8 Å². The lowest BCUT2D eigenvalue weighted by atomic mass is 10.3. The SMILES string of the molecule is CCNC(=O)N(CC(F)(F)F)C(C)C. The van der Waals surface area contributed by atoms with Crippen LogP contribution in [0.1, 0.15) is 20.8 Å². The molecule has 0 fully saturated rings. The lowest BCUT2D eigenvalue weighted by Gasteiger charge is -2.27. The van der Waals surface area contributed by atoms with Crippen molar-refractivity contribution in [2.45, 2.75) is 33.0 Å². The Hall–Kier alpha value is -0.940. The van der Waals surface area contributed by atoms with E-state index in [1.807, 2.05) is 0 Å². The van der Waals surface area contributed by atoms with Crippen molar-refractivity contribution in [3.8, 4) is 0 Å². The van der Waals surface area contributed by atoms with Gasteiger partial charge < -0.3 is 10.2 Å². The third kappa shape index (κ3) is 4.94. The monoisotopic (exact) mass is 212 g/mol. The maximum absolute atomic E-state index is 12.0. The van der Waals surface area contributed by atoms with Gasteiger partial charge in [0.1, 0.15) is 6.54 Å². The van der Waals surface area contributed by atoms with Gasteiger partial charge in [0.25, 0.3) is 0 Å². The molecule has 0 aliphatic heterocycles. The second-order valence-corrected chi connectivity index (χ2v) is 3.17. The Morgan fingerprint density at radius 3 is 2.21 bits per heavy atom. The lowest BCUT2D eigenvalue weighted by Crippen LogP contribution is -2.48. The number of alkyl halides is 3. The Morgan fingerprint density at radius 2 is 1.93 bits per heavy atom. The van der Waals surface area contributed by atoms with Crippen LogP contribution in [-0.2, 0) is 0 Å². The van der Waals surface area contributed by atoms with Gasteiger partial charge in [-0.15, -0.1) is 0 Å². The molecule has 0 atom stereocenters. The molecule has 2 amide bonds. The van der Waals surface area contributed by atoms with E-state index in [4.69, 9.17) is 0 Å². The van der Waals surface area contributed by atoms with Crippen molar-refractivity contribution >= 4 is 6.03 Å². The third-order valence-corrected chi connectivity index (χ3v) is 1.56. The molecule has 0 saturated heterocycles. The maximum atomic E-state index is 12.0. The van der Waals surface area contributed by atoms with E-state index in [-0.39, 0.29) is 0 Å². The lowest BCUT2D eigenvalue weighted by molar-refractivity contribution is -0.142. The van der Waals surface area contributed by atoms with E-state index >= 15 is 0 Å². The highest BCUT2D eigenvalue weighted by molar-refractivity contribution is 5.74. The summed E-state index contributed by atoms with van der Waals surface area (Å²) in [4.78, 5) is 11.9. The van der Waals surface area contributed by atoms with Gasteiger partial charge in [0, 0.05) is 12.6 Å². The first-order valence-electron chi connectivity index (χ1n) is 4.39. The fourth-order valence-corrected chi connectivity index (χ4v) is 0.935. The highest BCUT2D eigenvalue weighted by atomic mass is 19.4. The van der Waals surface area contributed by atoms with Crippen LogP contribution in [0.25, 0.3) is 0 Å². The zero-order valence-corrected chi connectivity index (χ0v) is 8.48. The summed E-state index contributed by atoms with van der Waals surface area (Å²) < 4.78 is 36.1. The van der Waals surface area contributed by atoms with Crippen LogP contribution in [0.2, 0.25) is 0 Å². The predicted molar refractivity (Wildman–Crippen MR) is 47.0 cm³/mol. The van der Waals surface area contributed by atoms with Crippen molar-refractivity contribution < 1.29 is 18.0 Å². The van der Waals surface area contributed by atoms with Crippen molar-refractivity contribution in [1.82, 2.24) is 10.2 Å². The number of rotatable bonds is 3. The van der Waals surface area contributed by atoms with E-state index in [9.17, 15) is 18.0 Å². The van der Waals surface area contributed by atoms with Crippen molar-refractivity contribution in [1.29, 1.82) is 0 Å². The molecule has 14 heavy (non-hydrogen) atoms. The van der Waals surface area contributed by atoms with E-state index in [2.05, 4.69) is 5.32 Å². The van der Waals surface area contributed by atoms with Crippen LogP contribution >= 0.6 is 0 Å². The number of carbonyl (C=O) groups is 1. The first-order chi connectivity index (χ1) is 6.28. The van der Waals surface area contributed by atoms with Gasteiger partial charge in [-0.1, -0.05) is 0 Å². The molecule has 3 nitrogen and oxygen atoms in total. The molecular weight excluding hydrogens is 197 g/mol. The van der Waals surface area contributed by atoms with Crippen molar-refractivity contribution in [2.24, 2.45) is 0 Å². The summed E-state index contributed by atoms with van der Waals surface area (Å²) >= 11 is 0. The van der Waals surface area contributed by atoms with Crippen LogP contribution in [0.4, 0.5) is 18.0 Å². The normalized spacial score (nSPS) is 11.6. The number of urea groups is 1. The number of hydrogen-bond donors (Lipinski definition) is 1. The Balaban J connectivity index is 4.37. The van der Waals surface area contributed by atoms with Gasteiger partial charge in [0.05, 0.1) is 0 Å². The number of nitrogens with one attached hydrogen (secondary N) is 1. The minimum absolute atomic E-state index is 0.319. The van der Waals surface area contributed by atoms with E-state index < -0.39 is 24.8 Å². The Kier molecular flexibility index (Phi) is 4.73. The molecule has 0 spiro atoms. The van der Waals surface area contributed by atoms with Crippen molar-refractivity contribution in [3.63, 3.8) is 0 Å². The molecule has 0 aliphatic carbocycles. The van der Waals surface area contributed by atoms with Crippen LogP contribution in [0.15, 0.2) is 0 Å². The number of nitrogens with zero attached hydrogens (tertiary/aromatic N) is 1. The zero-order valence-electron chi connectivity index (χ0n) is 8.48. The molecule has 84 valence electrons.